The second kappa shape index (κ2) is 6.26. The smallest absolute Gasteiger partial charge is 0.235 e. The molecule has 1 atom stereocenters. The molecule has 0 radical (unpaired) electrons. The van der Waals surface area contributed by atoms with E-state index in [2.05, 4.69) is 22.0 Å². The molecular weight excluding hydrogens is 266 g/mol. The normalized spacial score (nSPS) is 15.9. The molecule has 0 spiro atoms. The molecule has 5 nitrogen and oxygen atoms in total. The van der Waals surface area contributed by atoms with Crippen molar-refractivity contribution in [3.8, 4) is 0 Å². The summed E-state index contributed by atoms with van der Waals surface area (Å²) in [6, 6.07) is 10.1. The zero-order chi connectivity index (χ0) is 14.7. The lowest BCUT2D eigenvalue weighted by atomic mass is 10.1. The molecule has 0 aliphatic heterocycles. The molecular formula is C16H21N3O2. The fourth-order valence-electron chi connectivity index (χ4n) is 2.47. The van der Waals surface area contributed by atoms with Gasteiger partial charge in [0.15, 0.2) is 0 Å². The van der Waals surface area contributed by atoms with Crippen LogP contribution in [0.2, 0.25) is 0 Å². The maximum atomic E-state index is 9.63. The molecule has 5 heteroatoms. The molecule has 0 amide bonds. The standard InChI is InChI=1S/C16H21N3O2/c1-2-13(11-20)19(14-6-4-3-5-7-14)10-15-17-18-16(21-15)12-8-9-12/h3-7,12-13,20H,2,8-11H2,1H3. The molecule has 1 aromatic carbocycles. The lowest BCUT2D eigenvalue weighted by Gasteiger charge is -2.30. The Morgan fingerprint density at radius 1 is 1.29 bits per heavy atom. The molecule has 1 saturated carbocycles. The summed E-state index contributed by atoms with van der Waals surface area (Å²) in [5.74, 6) is 1.85. The van der Waals surface area contributed by atoms with E-state index in [4.69, 9.17) is 4.42 Å². The summed E-state index contributed by atoms with van der Waals surface area (Å²) in [6.45, 7) is 2.71. The highest BCUT2D eigenvalue weighted by molar-refractivity contribution is 5.47. The van der Waals surface area contributed by atoms with Crippen LogP contribution in [-0.4, -0.2) is 28.0 Å². The highest BCUT2D eigenvalue weighted by Crippen LogP contribution is 2.39. The summed E-state index contributed by atoms with van der Waals surface area (Å²) in [6.07, 6.45) is 3.16. The van der Waals surface area contributed by atoms with E-state index in [0.717, 1.165) is 30.8 Å². The van der Waals surface area contributed by atoms with Crippen molar-refractivity contribution < 1.29 is 9.52 Å². The lowest BCUT2D eigenvalue weighted by molar-refractivity contribution is 0.252. The van der Waals surface area contributed by atoms with Gasteiger partial charge >= 0.3 is 0 Å². The van der Waals surface area contributed by atoms with E-state index in [1.807, 2.05) is 30.3 Å². The largest absolute Gasteiger partial charge is 0.423 e. The highest BCUT2D eigenvalue weighted by atomic mass is 16.4. The fourth-order valence-corrected chi connectivity index (χ4v) is 2.47. The Morgan fingerprint density at radius 2 is 2.05 bits per heavy atom. The van der Waals surface area contributed by atoms with Gasteiger partial charge in [-0.1, -0.05) is 25.1 Å². The molecule has 1 heterocycles. The summed E-state index contributed by atoms with van der Waals surface area (Å²) >= 11 is 0. The number of anilines is 1. The Kier molecular flexibility index (Phi) is 4.20. The van der Waals surface area contributed by atoms with E-state index in [1.165, 1.54) is 0 Å². The number of benzene rings is 1. The first-order valence-electron chi connectivity index (χ1n) is 7.56. The minimum Gasteiger partial charge on any atom is -0.423 e. The third-order valence-electron chi connectivity index (χ3n) is 3.93. The Balaban J connectivity index is 1.80. The van der Waals surface area contributed by atoms with Gasteiger partial charge in [-0.15, -0.1) is 10.2 Å². The zero-order valence-electron chi connectivity index (χ0n) is 12.3. The lowest BCUT2D eigenvalue weighted by Crippen LogP contribution is -2.37. The van der Waals surface area contributed by atoms with Gasteiger partial charge in [0.2, 0.25) is 11.8 Å². The number of hydrogen-bond acceptors (Lipinski definition) is 5. The summed E-state index contributed by atoms with van der Waals surface area (Å²) < 4.78 is 5.75. The van der Waals surface area contributed by atoms with E-state index in [9.17, 15) is 5.11 Å². The summed E-state index contributed by atoms with van der Waals surface area (Å²) in [5.41, 5.74) is 1.06. The number of aromatic nitrogens is 2. The number of para-hydroxylation sites is 1. The van der Waals surface area contributed by atoms with Gasteiger partial charge in [0.1, 0.15) is 0 Å². The third kappa shape index (κ3) is 3.24. The second-order valence-corrected chi connectivity index (χ2v) is 5.52. The molecule has 1 fully saturated rings. The molecule has 2 aromatic rings. The van der Waals surface area contributed by atoms with Crippen LogP contribution in [0.5, 0.6) is 0 Å². The number of aliphatic hydroxyl groups is 1. The van der Waals surface area contributed by atoms with Crippen LogP contribution < -0.4 is 4.90 Å². The van der Waals surface area contributed by atoms with Gasteiger partial charge in [0, 0.05) is 11.6 Å². The molecule has 3 rings (SSSR count). The van der Waals surface area contributed by atoms with Gasteiger partial charge in [-0.25, -0.2) is 0 Å². The van der Waals surface area contributed by atoms with Crippen molar-refractivity contribution in [2.45, 2.75) is 44.7 Å². The topological polar surface area (TPSA) is 62.4 Å². The summed E-state index contributed by atoms with van der Waals surface area (Å²) in [7, 11) is 0. The van der Waals surface area contributed by atoms with Crippen LogP contribution in [0, 0.1) is 0 Å². The van der Waals surface area contributed by atoms with Crippen molar-refractivity contribution in [2.24, 2.45) is 0 Å². The van der Waals surface area contributed by atoms with E-state index >= 15 is 0 Å². The van der Waals surface area contributed by atoms with Crippen LogP contribution in [0.1, 0.15) is 43.9 Å². The zero-order valence-corrected chi connectivity index (χ0v) is 12.3. The van der Waals surface area contributed by atoms with E-state index in [-0.39, 0.29) is 12.6 Å². The van der Waals surface area contributed by atoms with Crippen LogP contribution in [0.3, 0.4) is 0 Å². The molecule has 1 aliphatic carbocycles. The predicted molar refractivity (Wildman–Crippen MR) is 80.1 cm³/mol. The molecule has 0 saturated heterocycles. The van der Waals surface area contributed by atoms with Gasteiger partial charge < -0.3 is 14.4 Å². The maximum Gasteiger partial charge on any atom is 0.235 e. The minimum atomic E-state index is 0.0451. The van der Waals surface area contributed by atoms with Crippen molar-refractivity contribution in [2.75, 3.05) is 11.5 Å². The first kappa shape index (κ1) is 14.1. The minimum absolute atomic E-state index is 0.0451. The van der Waals surface area contributed by atoms with E-state index in [0.29, 0.717) is 18.4 Å². The Hall–Kier alpha value is -1.88. The van der Waals surface area contributed by atoms with Gasteiger partial charge in [-0.05, 0) is 31.4 Å². The molecule has 0 bridgehead atoms. The average molecular weight is 287 g/mol. The third-order valence-corrected chi connectivity index (χ3v) is 3.93. The number of aliphatic hydroxyl groups excluding tert-OH is 1. The predicted octanol–water partition coefficient (Wildman–Crippen LogP) is 2.72. The fraction of sp³-hybridized carbons (Fsp3) is 0.500. The average Bonchev–Trinajstić information content (AvgIpc) is 3.28. The number of rotatable bonds is 7. The quantitative estimate of drug-likeness (QED) is 0.848. The Morgan fingerprint density at radius 3 is 2.67 bits per heavy atom. The van der Waals surface area contributed by atoms with Crippen molar-refractivity contribution >= 4 is 5.69 Å². The first-order chi connectivity index (χ1) is 10.3. The Labute approximate surface area is 124 Å². The molecule has 112 valence electrons. The molecule has 1 aromatic heterocycles. The molecule has 1 N–H and O–H groups in total. The van der Waals surface area contributed by atoms with Gasteiger partial charge in [-0.3, -0.25) is 0 Å². The molecule has 1 aliphatic rings. The van der Waals surface area contributed by atoms with E-state index < -0.39 is 0 Å². The van der Waals surface area contributed by atoms with Gasteiger partial charge in [-0.2, -0.15) is 0 Å². The maximum absolute atomic E-state index is 9.63. The highest BCUT2D eigenvalue weighted by Gasteiger charge is 2.30. The molecule has 21 heavy (non-hydrogen) atoms. The van der Waals surface area contributed by atoms with Crippen LogP contribution in [0.4, 0.5) is 5.69 Å². The summed E-state index contributed by atoms with van der Waals surface area (Å²) in [5, 5.41) is 17.9. The van der Waals surface area contributed by atoms with Crippen molar-refractivity contribution in [3.05, 3.63) is 42.1 Å². The molecule has 1 unspecified atom stereocenters. The SMILES string of the molecule is CCC(CO)N(Cc1nnc(C2CC2)o1)c1ccccc1. The summed E-state index contributed by atoms with van der Waals surface area (Å²) in [4.78, 5) is 2.13. The number of hydrogen-bond donors (Lipinski definition) is 1. The van der Waals surface area contributed by atoms with Crippen LogP contribution in [-0.2, 0) is 6.54 Å². The Bertz CT molecular complexity index is 562. The monoisotopic (exact) mass is 287 g/mol. The van der Waals surface area contributed by atoms with Crippen molar-refractivity contribution in [3.63, 3.8) is 0 Å². The van der Waals surface area contributed by atoms with Crippen LogP contribution in [0.25, 0.3) is 0 Å². The van der Waals surface area contributed by atoms with E-state index in [1.54, 1.807) is 0 Å². The van der Waals surface area contributed by atoms with Gasteiger partial charge in [0.25, 0.3) is 0 Å². The van der Waals surface area contributed by atoms with Crippen LogP contribution in [0.15, 0.2) is 34.7 Å². The first-order valence-corrected chi connectivity index (χ1v) is 7.56. The van der Waals surface area contributed by atoms with Crippen molar-refractivity contribution in [1.82, 2.24) is 10.2 Å². The number of nitrogens with zero attached hydrogens (tertiary/aromatic N) is 3. The second-order valence-electron chi connectivity index (χ2n) is 5.52. The van der Waals surface area contributed by atoms with Crippen molar-refractivity contribution in [1.29, 1.82) is 0 Å². The van der Waals surface area contributed by atoms with Gasteiger partial charge in [0.05, 0.1) is 19.2 Å². The van der Waals surface area contributed by atoms with Crippen LogP contribution >= 0.6 is 0 Å².